The summed E-state index contributed by atoms with van der Waals surface area (Å²) in [6, 6.07) is 3.41. The number of halogens is 2. The second-order valence-electron chi connectivity index (χ2n) is 2.60. The van der Waals surface area contributed by atoms with E-state index < -0.39 is 11.3 Å². The lowest BCUT2D eigenvalue weighted by Gasteiger charge is -2.00. The van der Waals surface area contributed by atoms with Crippen LogP contribution in [0.2, 0.25) is 0 Å². The molecule has 0 heterocycles. The van der Waals surface area contributed by atoms with Crippen molar-refractivity contribution in [3.63, 3.8) is 0 Å². The molecule has 70 valence electrons. The summed E-state index contributed by atoms with van der Waals surface area (Å²) in [5.41, 5.74) is -0.204. The van der Waals surface area contributed by atoms with E-state index in [4.69, 9.17) is 0 Å². The van der Waals surface area contributed by atoms with Gasteiger partial charge in [0.15, 0.2) is 0 Å². The molecule has 13 heavy (non-hydrogen) atoms. The Hall–Kier alpha value is -1.52. The molecule has 0 N–H and O–H groups in total. The summed E-state index contributed by atoms with van der Waals surface area (Å²) >= 11 is 0. The average Bonchev–Trinajstić information content (AvgIpc) is 2.04. The summed E-state index contributed by atoms with van der Waals surface area (Å²) in [4.78, 5) is 9.69. The zero-order valence-electron chi connectivity index (χ0n) is 6.83. The van der Waals surface area contributed by atoms with Gasteiger partial charge < -0.3 is 0 Å². The molecule has 1 aromatic rings. The fraction of sp³-hybridized carbons (Fsp3) is 0.250. The quantitative estimate of drug-likeness (QED) is 0.527. The van der Waals surface area contributed by atoms with Crippen molar-refractivity contribution in [2.45, 2.75) is 13.3 Å². The monoisotopic (exact) mass is 187 g/mol. The Morgan fingerprint density at radius 1 is 1.46 bits per heavy atom. The van der Waals surface area contributed by atoms with Gasteiger partial charge >= 0.3 is 0 Å². The molecule has 3 nitrogen and oxygen atoms in total. The largest absolute Gasteiger partial charge is 0.272 e. The molecule has 0 unspecified atom stereocenters. The van der Waals surface area contributed by atoms with Crippen LogP contribution in [0.3, 0.4) is 0 Å². The minimum absolute atomic E-state index is 0.266. The van der Waals surface area contributed by atoms with Crippen molar-refractivity contribution < 1.29 is 13.7 Å². The van der Waals surface area contributed by atoms with Crippen molar-refractivity contribution in [3.8, 4) is 0 Å². The molecule has 0 atom stereocenters. The fourth-order valence-electron chi connectivity index (χ4n) is 0.959. The summed E-state index contributed by atoms with van der Waals surface area (Å²) in [6.07, 6.45) is -2.67. The SMILES string of the molecule is Cc1ccc(C(F)F)cc1[N+](=O)[O-]. The van der Waals surface area contributed by atoms with E-state index in [-0.39, 0.29) is 11.3 Å². The number of nitro benzene ring substituents is 1. The van der Waals surface area contributed by atoms with Crippen LogP contribution in [0.4, 0.5) is 14.5 Å². The van der Waals surface area contributed by atoms with Crippen LogP contribution < -0.4 is 0 Å². The number of alkyl halides is 2. The van der Waals surface area contributed by atoms with Gasteiger partial charge in [0, 0.05) is 17.2 Å². The van der Waals surface area contributed by atoms with Gasteiger partial charge in [0.25, 0.3) is 12.1 Å². The van der Waals surface area contributed by atoms with Gasteiger partial charge in [0.1, 0.15) is 0 Å². The fourth-order valence-corrected chi connectivity index (χ4v) is 0.959. The second kappa shape index (κ2) is 3.47. The van der Waals surface area contributed by atoms with E-state index in [1.807, 2.05) is 0 Å². The highest BCUT2D eigenvalue weighted by Gasteiger charge is 2.15. The first-order valence-corrected chi connectivity index (χ1v) is 3.55. The minimum Gasteiger partial charge on any atom is -0.258 e. The maximum Gasteiger partial charge on any atom is 0.272 e. The van der Waals surface area contributed by atoms with Crippen molar-refractivity contribution in [2.75, 3.05) is 0 Å². The number of hydrogen-bond acceptors (Lipinski definition) is 2. The number of benzene rings is 1. The van der Waals surface area contributed by atoms with Crippen molar-refractivity contribution in [1.82, 2.24) is 0 Å². The van der Waals surface area contributed by atoms with Crippen LogP contribution in [0.5, 0.6) is 0 Å². The molecule has 5 heteroatoms. The van der Waals surface area contributed by atoms with Gasteiger partial charge in [-0.1, -0.05) is 12.1 Å². The molecule has 0 radical (unpaired) electrons. The molecular formula is C8H7F2NO2. The Balaban J connectivity index is 3.19. The summed E-state index contributed by atoms with van der Waals surface area (Å²) in [7, 11) is 0. The van der Waals surface area contributed by atoms with Crippen molar-refractivity contribution >= 4 is 5.69 Å². The molecule has 0 saturated heterocycles. The number of hydrogen-bond donors (Lipinski definition) is 0. The van der Waals surface area contributed by atoms with Crippen molar-refractivity contribution in [1.29, 1.82) is 0 Å². The third kappa shape index (κ3) is 1.99. The zero-order valence-corrected chi connectivity index (χ0v) is 6.83. The molecule has 0 aliphatic rings. The lowest BCUT2D eigenvalue weighted by molar-refractivity contribution is -0.385. The molecule has 0 aliphatic carbocycles. The smallest absolute Gasteiger partial charge is 0.258 e. The molecule has 0 saturated carbocycles. The molecule has 0 spiro atoms. The zero-order chi connectivity index (χ0) is 10.0. The van der Waals surface area contributed by atoms with Crippen LogP contribution in [0.15, 0.2) is 18.2 Å². The van der Waals surface area contributed by atoms with Crippen LogP contribution in [0.25, 0.3) is 0 Å². The normalized spacial score (nSPS) is 10.5. The Kier molecular flexibility index (Phi) is 2.55. The average molecular weight is 187 g/mol. The molecule has 0 aliphatic heterocycles. The molecule has 0 fully saturated rings. The maximum absolute atomic E-state index is 12.1. The van der Waals surface area contributed by atoms with Crippen LogP contribution in [0, 0.1) is 17.0 Å². The van der Waals surface area contributed by atoms with E-state index in [1.165, 1.54) is 19.1 Å². The van der Waals surface area contributed by atoms with Gasteiger partial charge in [0.05, 0.1) is 4.92 Å². The van der Waals surface area contributed by atoms with E-state index in [1.54, 1.807) is 0 Å². The van der Waals surface area contributed by atoms with Crippen molar-refractivity contribution in [3.05, 3.63) is 39.4 Å². The number of rotatable bonds is 2. The Morgan fingerprint density at radius 3 is 2.54 bits per heavy atom. The molecular weight excluding hydrogens is 180 g/mol. The predicted molar refractivity (Wildman–Crippen MR) is 42.8 cm³/mol. The van der Waals surface area contributed by atoms with E-state index in [0.717, 1.165) is 6.07 Å². The first-order chi connectivity index (χ1) is 6.02. The molecule has 0 amide bonds. The Bertz CT molecular complexity index is 339. The molecule has 0 aromatic heterocycles. The third-order valence-electron chi connectivity index (χ3n) is 1.68. The van der Waals surface area contributed by atoms with Gasteiger partial charge in [-0.2, -0.15) is 0 Å². The van der Waals surface area contributed by atoms with E-state index in [9.17, 15) is 18.9 Å². The van der Waals surface area contributed by atoms with Gasteiger partial charge in [-0.25, -0.2) is 8.78 Å². The van der Waals surface area contributed by atoms with Gasteiger partial charge in [-0.05, 0) is 6.92 Å². The van der Waals surface area contributed by atoms with Crippen LogP contribution in [0.1, 0.15) is 17.6 Å². The Morgan fingerprint density at radius 2 is 2.08 bits per heavy atom. The summed E-state index contributed by atoms with van der Waals surface area (Å²) < 4.78 is 24.2. The van der Waals surface area contributed by atoms with Crippen LogP contribution in [-0.2, 0) is 0 Å². The van der Waals surface area contributed by atoms with Gasteiger partial charge in [-0.15, -0.1) is 0 Å². The summed E-state index contributed by atoms with van der Waals surface area (Å²) in [5, 5.41) is 10.4. The number of aryl methyl sites for hydroxylation is 1. The summed E-state index contributed by atoms with van der Waals surface area (Å²) in [5.74, 6) is 0. The minimum atomic E-state index is -2.67. The van der Waals surface area contributed by atoms with Crippen molar-refractivity contribution in [2.24, 2.45) is 0 Å². The second-order valence-corrected chi connectivity index (χ2v) is 2.60. The van der Waals surface area contributed by atoms with Crippen LogP contribution in [-0.4, -0.2) is 4.92 Å². The van der Waals surface area contributed by atoms with E-state index >= 15 is 0 Å². The van der Waals surface area contributed by atoms with E-state index in [0.29, 0.717) is 5.56 Å². The summed E-state index contributed by atoms with van der Waals surface area (Å²) in [6.45, 7) is 1.51. The lowest BCUT2D eigenvalue weighted by atomic mass is 10.1. The van der Waals surface area contributed by atoms with Crippen LogP contribution >= 0.6 is 0 Å². The highest BCUT2D eigenvalue weighted by molar-refractivity contribution is 5.42. The predicted octanol–water partition coefficient (Wildman–Crippen LogP) is 2.84. The maximum atomic E-state index is 12.1. The third-order valence-corrected chi connectivity index (χ3v) is 1.68. The first kappa shape index (κ1) is 9.57. The lowest BCUT2D eigenvalue weighted by Crippen LogP contribution is -1.93. The number of nitro groups is 1. The topological polar surface area (TPSA) is 43.1 Å². The molecule has 1 rings (SSSR count). The van der Waals surface area contributed by atoms with Gasteiger partial charge in [0.2, 0.25) is 0 Å². The Labute approximate surface area is 73.1 Å². The standard InChI is InChI=1S/C8H7F2NO2/c1-5-2-3-6(8(9)10)4-7(5)11(12)13/h2-4,8H,1H3. The number of nitrogens with zero attached hydrogens (tertiary/aromatic N) is 1. The molecule has 1 aromatic carbocycles. The highest BCUT2D eigenvalue weighted by Crippen LogP contribution is 2.25. The first-order valence-electron chi connectivity index (χ1n) is 3.55. The highest BCUT2D eigenvalue weighted by atomic mass is 19.3. The van der Waals surface area contributed by atoms with Gasteiger partial charge in [-0.3, -0.25) is 10.1 Å². The van der Waals surface area contributed by atoms with E-state index in [2.05, 4.69) is 0 Å². The molecule has 0 bridgehead atoms.